The van der Waals surface area contributed by atoms with Crippen LogP contribution in [0.4, 0.5) is 17.3 Å². The van der Waals surface area contributed by atoms with E-state index in [-0.39, 0.29) is 5.91 Å². The van der Waals surface area contributed by atoms with E-state index >= 15 is 0 Å². The molecule has 0 aliphatic carbocycles. The van der Waals surface area contributed by atoms with E-state index in [0.717, 1.165) is 11.3 Å². The van der Waals surface area contributed by atoms with Gasteiger partial charge in [-0.15, -0.1) is 0 Å². The number of hydrogen-bond acceptors (Lipinski definition) is 5. The molecule has 1 heterocycles. The number of amides is 1. The molecular formula is C19H17ClN4O2. The number of halogens is 1. The van der Waals surface area contributed by atoms with Crippen LogP contribution in [0.3, 0.4) is 0 Å². The van der Waals surface area contributed by atoms with Gasteiger partial charge < -0.3 is 15.4 Å². The first-order valence-corrected chi connectivity index (χ1v) is 8.24. The third-order valence-electron chi connectivity index (χ3n) is 3.70. The fraction of sp³-hybridized carbons (Fsp3) is 0.105. The number of aryl methyl sites for hydroxylation is 1. The molecule has 26 heavy (non-hydrogen) atoms. The number of hydrogen-bond donors (Lipinski definition) is 2. The van der Waals surface area contributed by atoms with Gasteiger partial charge in [0, 0.05) is 23.1 Å². The third-order valence-corrected chi connectivity index (χ3v) is 3.94. The van der Waals surface area contributed by atoms with E-state index in [0.29, 0.717) is 28.0 Å². The minimum Gasteiger partial charge on any atom is -0.495 e. The molecule has 0 saturated heterocycles. The summed E-state index contributed by atoms with van der Waals surface area (Å²) in [5.74, 6) is 0.754. The van der Waals surface area contributed by atoms with Crippen molar-refractivity contribution in [2.24, 2.45) is 0 Å². The summed E-state index contributed by atoms with van der Waals surface area (Å²) in [7, 11) is 1.59. The van der Waals surface area contributed by atoms with Gasteiger partial charge in [-0.3, -0.25) is 4.79 Å². The number of para-hydroxylation sites is 2. The van der Waals surface area contributed by atoms with E-state index in [2.05, 4.69) is 20.6 Å². The molecule has 0 unspecified atom stereocenters. The molecule has 7 heteroatoms. The molecule has 3 aromatic rings. The van der Waals surface area contributed by atoms with Crippen molar-refractivity contribution in [3.05, 3.63) is 71.0 Å². The summed E-state index contributed by atoms with van der Waals surface area (Å²) in [5, 5.41) is 6.51. The van der Waals surface area contributed by atoms with Gasteiger partial charge in [-0.25, -0.2) is 9.97 Å². The molecule has 0 radical (unpaired) electrons. The number of ether oxygens (including phenoxy) is 1. The van der Waals surface area contributed by atoms with E-state index in [1.807, 2.05) is 31.2 Å². The fourth-order valence-electron chi connectivity index (χ4n) is 2.34. The van der Waals surface area contributed by atoms with Crippen molar-refractivity contribution in [1.29, 1.82) is 0 Å². The number of benzene rings is 2. The number of nitrogens with zero attached hydrogens (tertiary/aromatic N) is 2. The third kappa shape index (κ3) is 4.10. The van der Waals surface area contributed by atoms with Crippen LogP contribution in [-0.2, 0) is 0 Å². The van der Waals surface area contributed by atoms with Crippen LogP contribution in [0.25, 0.3) is 0 Å². The summed E-state index contributed by atoms with van der Waals surface area (Å²) in [6.45, 7) is 1.87. The predicted octanol–water partition coefficient (Wildman–Crippen LogP) is 4.44. The van der Waals surface area contributed by atoms with Crippen molar-refractivity contribution in [3.8, 4) is 5.75 Å². The lowest BCUT2D eigenvalue weighted by Gasteiger charge is -2.10. The maximum Gasteiger partial charge on any atom is 0.258 e. The number of methoxy groups -OCH3 is 1. The van der Waals surface area contributed by atoms with Gasteiger partial charge in [0.15, 0.2) is 0 Å². The molecule has 3 rings (SSSR count). The second-order valence-corrected chi connectivity index (χ2v) is 5.97. The Balaban J connectivity index is 1.71. The van der Waals surface area contributed by atoms with Gasteiger partial charge in [0.1, 0.15) is 5.75 Å². The van der Waals surface area contributed by atoms with Crippen LogP contribution in [0.2, 0.25) is 5.02 Å². The van der Waals surface area contributed by atoms with E-state index in [1.54, 1.807) is 25.3 Å². The first-order chi connectivity index (χ1) is 12.6. The molecule has 2 aromatic carbocycles. The van der Waals surface area contributed by atoms with Crippen molar-refractivity contribution in [1.82, 2.24) is 9.97 Å². The highest BCUT2D eigenvalue weighted by atomic mass is 35.5. The lowest BCUT2D eigenvalue weighted by molar-refractivity contribution is 0.102. The zero-order valence-electron chi connectivity index (χ0n) is 14.3. The Labute approximate surface area is 156 Å². The van der Waals surface area contributed by atoms with Crippen molar-refractivity contribution in [3.63, 3.8) is 0 Å². The highest BCUT2D eigenvalue weighted by molar-refractivity contribution is 6.30. The topological polar surface area (TPSA) is 76.1 Å². The van der Waals surface area contributed by atoms with Crippen LogP contribution in [0.1, 0.15) is 15.9 Å². The average molecular weight is 369 g/mol. The van der Waals surface area contributed by atoms with Gasteiger partial charge in [0.2, 0.25) is 5.95 Å². The number of carbonyl (C=O) groups excluding carboxylic acids is 1. The number of nitrogens with one attached hydrogen (secondary N) is 2. The van der Waals surface area contributed by atoms with E-state index in [4.69, 9.17) is 16.3 Å². The Morgan fingerprint density at radius 1 is 1.08 bits per heavy atom. The molecule has 2 N–H and O–H groups in total. The molecule has 6 nitrogen and oxygen atoms in total. The molecule has 0 atom stereocenters. The largest absolute Gasteiger partial charge is 0.495 e. The molecule has 0 aliphatic heterocycles. The molecule has 0 saturated carbocycles. The van der Waals surface area contributed by atoms with Crippen LogP contribution < -0.4 is 15.4 Å². The first kappa shape index (κ1) is 17.7. The normalized spacial score (nSPS) is 10.3. The second kappa shape index (κ2) is 7.84. The van der Waals surface area contributed by atoms with Gasteiger partial charge in [-0.05, 0) is 42.8 Å². The summed E-state index contributed by atoms with van der Waals surface area (Å²) in [4.78, 5) is 20.7. The zero-order valence-corrected chi connectivity index (χ0v) is 15.0. The van der Waals surface area contributed by atoms with Crippen molar-refractivity contribution in [2.45, 2.75) is 6.92 Å². The van der Waals surface area contributed by atoms with Gasteiger partial charge in [-0.1, -0.05) is 23.7 Å². The number of rotatable bonds is 5. The van der Waals surface area contributed by atoms with Crippen molar-refractivity contribution < 1.29 is 9.53 Å². The quantitative estimate of drug-likeness (QED) is 0.696. The number of aromatic nitrogens is 2. The second-order valence-electron chi connectivity index (χ2n) is 5.53. The minimum absolute atomic E-state index is 0.292. The summed E-state index contributed by atoms with van der Waals surface area (Å²) in [6.07, 6.45) is 2.93. The molecule has 0 spiro atoms. The summed E-state index contributed by atoms with van der Waals surface area (Å²) >= 11 is 5.93. The summed E-state index contributed by atoms with van der Waals surface area (Å²) in [6, 6.07) is 12.7. The lowest BCUT2D eigenvalue weighted by atomic mass is 10.2. The Morgan fingerprint density at radius 3 is 2.50 bits per heavy atom. The molecule has 0 bridgehead atoms. The number of anilines is 3. The van der Waals surface area contributed by atoms with E-state index < -0.39 is 0 Å². The van der Waals surface area contributed by atoms with Gasteiger partial charge in [-0.2, -0.15) is 0 Å². The fourth-order valence-corrected chi connectivity index (χ4v) is 2.57. The van der Waals surface area contributed by atoms with Gasteiger partial charge in [0.25, 0.3) is 5.91 Å². The van der Waals surface area contributed by atoms with Crippen LogP contribution in [0.15, 0.2) is 54.9 Å². The first-order valence-electron chi connectivity index (χ1n) is 7.86. The zero-order chi connectivity index (χ0) is 18.5. The highest BCUT2D eigenvalue weighted by Crippen LogP contribution is 2.25. The molecule has 1 amide bonds. The monoisotopic (exact) mass is 368 g/mol. The van der Waals surface area contributed by atoms with E-state index in [1.165, 1.54) is 12.4 Å². The Kier molecular flexibility index (Phi) is 5.34. The van der Waals surface area contributed by atoms with Crippen LogP contribution in [-0.4, -0.2) is 23.0 Å². The van der Waals surface area contributed by atoms with E-state index in [9.17, 15) is 4.79 Å². The Bertz CT molecular complexity index is 929. The average Bonchev–Trinajstić information content (AvgIpc) is 2.65. The lowest BCUT2D eigenvalue weighted by Crippen LogP contribution is -2.14. The van der Waals surface area contributed by atoms with Gasteiger partial charge >= 0.3 is 0 Å². The maximum atomic E-state index is 12.4. The van der Waals surface area contributed by atoms with Crippen molar-refractivity contribution in [2.75, 3.05) is 17.7 Å². The maximum absolute atomic E-state index is 12.4. The molecule has 1 aromatic heterocycles. The number of carbonyl (C=O) groups is 1. The predicted molar refractivity (Wildman–Crippen MR) is 102 cm³/mol. The van der Waals surface area contributed by atoms with Crippen LogP contribution in [0.5, 0.6) is 5.75 Å². The SMILES string of the molecule is COc1ccccc1Nc1ncc(C(=O)Nc2ccc(Cl)cc2C)cn1. The van der Waals surface area contributed by atoms with Crippen LogP contribution in [0, 0.1) is 6.92 Å². The van der Waals surface area contributed by atoms with Crippen LogP contribution >= 0.6 is 11.6 Å². The Morgan fingerprint density at radius 2 is 1.81 bits per heavy atom. The molecular weight excluding hydrogens is 352 g/mol. The Hall–Kier alpha value is -3.12. The van der Waals surface area contributed by atoms with Gasteiger partial charge in [0.05, 0.1) is 18.4 Å². The minimum atomic E-state index is -0.292. The van der Waals surface area contributed by atoms with Crippen molar-refractivity contribution >= 4 is 34.8 Å². The summed E-state index contributed by atoms with van der Waals surface area (Å²) < 4.78 is 5.27. The smallest absolute Gasteiger partial charge is 0.258 e. The molecule has 0 aliphatic rings. The summed E-state index contributed by atoms with van der Waals surface area (Å²) in [5.41, 5.74) is 2.66. The molecule has 132 valence electrons. The standard InChI is InChI=1S/C19H17ClN4O2/c1-12-9-14(20)7-8-15(12)23-18(25)13-10-21-19(22-11-13)24-16-5-3-4-6-17(16)26-2/h3-11H,1-2H3,(H,23,25)(H,21,22,24). The highest BCUT2D eigenvalue weighted by Gasteiger charge is 2.10. The molecule has 0 fully saturated rings.